The Labute approximate surface area is 136 Å². The van der Waals surface area contributed by atoms with Crippen LogP contribution in [0.3, 0.4) is 0 Å². The van der Waals surface area contributed by atoms with Crippen molar-refractivity contribution in [1.29, 1.82) is 0 Å². The highest BCUT2D eigenvalue weighted by Crippen LogP contribution is 2.18. The highest BCUT2D eigenvalue weighted by Gasteiger charge is 2.10. The normalized spacial score (nSPS) is 11.9. The van der Waals surface area contributed by atoms with Crippen molar-refractivity contribution in [2.45, 2.75) is 24.0 Å². The number of aromatic nitrogens is 1. The highest BCUT2D eigenvalue weighted by atomic mass is 32.2. The maximum absolute atomic E-state index is 12.3. The van der Waals surface area contributed by atoms with Crippen LogP contribution in [0.1, 0.15) is 17.6 Å². The summed E-state index contributed by atoms with van der Waals surface area (Å²) in [4.78, 5) is 16.4. The number of carbonyl (C=O) groups excluding carboxylic acids is 1. The Morgan fingerprint density at radius 3 is 2.73 bits per heavy atom. The minimum absolute atomic E-state index is 0.0754. The Kier molecular flexibility index (Phi) is 6.09. The number of carbonyl (C=O) groups is 1. The summed E-state index contributed by atoms with van der Waals surface area (Å²) in [5.41, 5.74) is 0.746. The number of ether oxygens (including phenoxy) is 1. The van der Waals surface area contributed by atoms with E-state index < -0.39 is 10.8 Å². The van der Waals surface area contributed by atoms with Crippen LogP contribution in [0.25, 0.3) is 0 Å². The molecule has 1 N–H and O–H groups in total. The van der Waals surface area contributed by atoms with E-state index in [1.807, 2.05) is 24.4 Å². The van der Waals surface area contributed by atoms with E-state index in [1.165, 1.54) is 11.3 Å². The number of amides is 1. The molecule has 0 saturated heterocycles. The second kappa shape index (κ2) is 8.05. The van der Waals surface area contributed by atoms with Crippen LogP contribution in [0, 0.1) is 0 Å². The van der Waals surface area contributed by atoms with Crippen LogP contribution >= 0.6 is 11.3 Å². The Hall–Kier alpha value is -1.73. The van der Waals surface area contributed by atoms with Gasteiger partial charge in [0.2, 0.25) is 5.91 Å². The molecule has 7 heteroatoms. The summed E-state index contributed by atoms with van der Waals surface area (Å²) in [5.74, 6) is 1.04. The van der Waals surface area contributed by atoms with Gasteiger partial charge in [-0.15, -0.1) is 11.3 Å². The molecule has 2 rings (SSSR count). The quantitative estimate of drug-likeness (QED) is 0.840. The minimum Gasteiger partial charge on any atom is -0.494 e. The summed E-state index contributed by atoms with van der Waals surface area (Å²) in [6, 6.07) is 7.24. The van der Waals surface area contributed by atoms with Gasteiger partial charge in [-0.3, -0.25) is 9.00 Å². The van der Waals surface area contributed by atoms with Crippen LogP contribution in [-0.2, 0) is 27.8 Å². The number of hydrogen-bond donors (Lipinski definition) is 1. The van der Waals surface area contributed by atoms with Gasteiger partial charge in [0.25, 0.3) is 0 Å². The summed E-state index contributed by atoms with van der Waals surface area (Å²) in [7, 11) is 0.435. The molecule has 0 unspecified atom stereocenters. The van der Waals surface area contributed by atoms with E-state index >= 15 is 0 Å². The van der Waals surface area contributed by atoms with Gasteiger partial charge in [-0.25, -0.2) is 4.98 Å². The lowest BCUT2D eigenvalue weighted by atomic mass is 10.3. The van der Waals surface area contributed by atoms with Crippen molar-refractivity contribution in [2.75, 3.05) is 13.7 Å². The van der Waals surface area contributed by atoms with Crippen molar-refractivity contribution in [3.05, 3.63) is 40.3 Å². The maximum Gasteiger partial charge on any atom is 0.226 e. The lowest BCUT2D eigenvalue weighted by molar-refractivity contribution is -0.119. The first kappa shape index (κ1) is 16.6. The first-order valence-corrected chi connectivity index (χ1v) is 9.07. The molecule has 0 spiro atoms. The molecule has 5 nitrogen and oxygen atoms in total. The molecule has 0 radical (unpaired) electrons. The molecular formula is C15H18N2O3S2. The van der Waals surface area contributed by atoms with Gasteiger partial charge in [0, 0.05) is 17.3 Å². The van der Waals surface area contributed by atoms with Gasteiger partial charge in [0.1, 0.15) is 10.8 Å². The van der Waals surface area contributed by atoms with Crippen molar-refractivity contribution < 1.29 is 13.7 Å². The monoisotopic (exact) mass is 338 g/mol. The maximum atomic E-state index is 12.3. The third-order valence-electron chi connectivity index (χ3n) is 2.87. The molecule has 1 aromatic carbocycles. The number of hydrogen-bond acceptors (Lipinski definition) is 5. The topological polar surface area (TPSA) is 68.3 Å². The van der Waals surface area contributed by atoms with Crippen molar-refractivity contribution in [2.24, 2.45) is 0 Å². The van der Waals surface area contributed by atoms with Crippen LogP contribution in [0.4, 0.5) is 0 Å². The van der Waals surface area contributed by atoms with Crippen LogP contribution in [0.5, 0.6) is 5.75 Å². The third-order valence-corrected chi connectivity index (χ3v) is 5.12. The van der Waals surface area contributed by atoms with E-state index in [0.29, 0.717) is 12.4 Å². The molecular weight excluding hydrogens is 320 g/mol. The number of benzene rings is 1. The first-order valence-electron chi connectivity index (χ1n) is 6.87. The standard InChI is InChI=1S/C15H18N2O3S2/c1-3-20-12-4-6-13(7-5-12)22(19)10-11-9-21-15(17-11)8-14(18)16-2/h4-7,9H,3,8,10H2,1-2H3,(H,16,18)/t22-/m1/s1. The Morgan fingerprint density at radius 1 is 1.36 bits per heavy atom. The Balaban J connectivity index is 1.98. The number of nitrogens with zero attached hydrogens (tertiary/aromatic N) is 1. The van der Waals surface area contributed by atoms with E-state index in [2.05, 4.69) is 10.3 Å². The van der Waals surface area contributed by atoms with Gasteiger partial charge in [0.05, 0.1) is 35.3 Å². The summed E-state index contributed by atoms with van der Waals surface area (Å²) in [5, 5.41) is 5.15. The lowest BCUT2D eigenvalue weighted by Gasteiger charge is -2.04. The average molecular weight is 338 g/mol. The van der Waals surface area contributed by atoms with Gasteiger partial charge in [-0.1, -0.05) is 0 Å². The summed E-state index contributed by atoms with van der Waals surface area (Å²) in [6.45, 7) is 2.53. The molecule has 2 aromatic rings. The van der Waals surface area contributed by atoms with E-state index in [1.54, 1.807) is 19.2 Å². The zero-order valence-corrected chi connectivity index (χ0v) is 14.1. The number of thiazole rings is 1. The molecule has 22 heavy (non-hydrogen) atoms. The van der Waals surface area contributed by atoms with Gasteiger partial charge in [-0.2, -0.15) is 0 Å². The fourth-order valence-electron chi connectivity index (χ4n) is 1.79. The number of rotatable bonds is 7. The number of likely N-dealkylation sites (N-methyl/N-ethyl adjacent to an activating group) is 1. The molecule has 1 atom stereocenters. The molecule has 0 aliphatic rings. The van der Waals surface area contributed by atoms with E-state index in [9.17, 15) is 9.00 Å². The summed E-state index contributed by atoms with van der Waals surface area (Å²) < 4.78 is 17.7. The predicted molar refractivity (Wildman–Crippen MR) is 87.6 cm³/mol. The van der Waals surface area contributed by atoms with Gasteiger partial charge >= 0.3 is 0 Å². The van der Waals surface area contributed by atoms with E-state index in [0.717, 1.165) is 21.3 Å². The zero-order chi connectivity index (χ0) is 15.9. The van der Waals surface area contributed by atoms with Crippen LogP contribution < -0.4 is 10.1 Å². The summed E-state index contributed by atoms with van der Waals surface area (Å²) >= 11 is 1.41. The minimum atomic E-state index is -1.16. The lowest BCUT2D eigenvalue weighted by Crippen LogP contribution is -2.19. The Bertz CT molecular complexity index is 653. The van der Waals surface area contributed by atoms with Gasteiger partial charge in [0.15, 0.2) is 0 Å². The van der Waals surface area contributed by atoms with Gasteiger partial charge < -0.3 is 10.1 Å². The zero-order valence-electron chi connectivity index (χ0n) is 12.5. The van der Waals surface area contributed by atoms with Crippen molar-refractivity contribution in [3.63, 3.8) is 0 Å². The second-order valence-electron chi connectivity index (χ2n) is 4.48. The molecule has 0 bridgehead atoms. The molecule has 0 saturated carbocycles. The second-order valence-corrected chi connectivity index (χ2v) is 6.87. The number of nitrogens with one attached hydrogen (secondary N) is 1. The summed E-state index contributed by atoms with van der Waals surface area (Å²) in [6.07, 6.45) is 0.261. The van der Waals surface area contributed by atoms with Crippen LogP contribution in [-0.4, -0.2) is 28.8 Å². The predicted octanol–water partition coefficient (Wildman–Crippen LogP) is 2.14. The molecule has 0 aliphatic carbocycles. The van der Waals surface area contributed by atoms with Crippen molar-refractivity contribution in [1.82, 2.24) is 10.3 Å². The smallest absolute Gasteiger partial charge is 0.226 e. The SMILES string of the molecule is CCOc1ccc([S@](=O)Cc2csc(CC(=O)NC)n2)cc1. The highest BCUT2D eigenvalue weighted by molar-refractivity contribution is 7.84. The molecule has 0 fully saturated rings. The van der Waals surface area contributed by atoms with Gasteiger partial charge in [-0.05, 0) is 31.2 Å². The first-order chi connectivity index (χ1) is 10.6. The van der Waals surface area contributed by atoms with Crippen LogP contribution in [0.15, 0.2) is 34.5 Å². The average Bonchev–Trinajstić information content (AvgIpc) is 2.95. The fourth-order valence-corrected chi connectivity index (χ4v) is 3.71. The molecule has 0 aliphatic heterocycles. The molecule has 1 heterocycles. The fraction of sp³-hybridized carbons (Fsp3) is 0.333. The molecule has 1 aromatic heterocycles. The molecule has 118 valence electrons. The third kappa shape index (κ3) is 4.64. The van der Waals surface area contributed by atoms with E-state index in [-0.39, 0.29) is 12.3 Å². The van der Waals surface area contributed by atoms with E-state index in [4.69, 9.17) is 4.74 Å². The van der Waals surface area contributed by atoms with Crippen molar-refractivity contribution in [3.8, 4) is 5.75 Å². The van der Waals surface area contributed by atoms with Crippen LogP contribution in [0.2, 0.25) is 0 Å². The van der Waals surface area contributed by atoms with Crippen molar-refractivity contribution >= 4 is 28.0 Å². The molecule has 1 amide bonds. The Morgan fingerprint density at radius 2 is 2.09 bits per heavy atom. The largest absolute Gasteiger partial charge is 0.494 e.